The molecule has 262 valence electrons. The molecule has 0 radical (unpaired) electrons. The molecule has 0 aliphatic carbocycles. The fraction of sp³-hybridized carbons (Fsp3) is 0.250. The van der Waals surface area contributed by atoms with E-state index in [2.05, 4.69) is 15.6 Å². The van der Waals surface area contributed by atoms with Gasteiger partial charge in [0.1, 0.15) is 11.5 Å². The minimum absolute atomic E-state index is 0.0785. The lowest BCUT2D eigenvalue weighted by atomic mass is 9.83. The topological polar surface area (TPSA) is 139 Å². The van der Waals surface area contributed by atoms with Crippen LogP contribution < -0.4 is 19.7 Å². The first-order valence-electron chi connectivity index (χ1n) is 16.7. The van der Waals surface area contributed by atoms with Crippen LogP contribution >= 0.6 is 0 Å². The summed E-state index contributed by atoms with van der Waals surface area (Å²) in [4.78, 5) is 28.4. The maximum atomic E-state index is 14.1. The van der Waals surface area contributed by atoms with Gasteiger partial charge in [-0.1, -0.05) is 66.8 Å². The van der Waals surface area contributed by atoms with Gasteiger partial charge in [-0.05, 0) is 72.1 Å². The number of aliphatic hydroxyl groups excluding tert-OH is 1. The molecule has 51 heavy (non-hydrogen) atoms. The van der Waals surface area contributed by atoms with Crippen molar-refractivity contribution in [2.45, 2.75) is 38.0 Å². The zero-order valence-electron chi connectivity index (χ0n) is 28.8. The van der Waals surface area contributed by atoms with Crippen LogP contribution in [0.1, 0.15) is 52.0 Å². The van der Waals surface area contributed by atoms with Crippen LogP contribution in [0.3, 0.4) is 0 Å². The van der Waals surface area contributed by atoms with E-state index in [4.69, 9.17) is 9.47 Å². The number of rotatable bonds is 14. The minimum Gasteiger partial charge on any atom is -0.497 e. The molecule has 3 atom stereocenters. The van der Waals surface area contributed by atoms with E-state index in [-0.39, 0.29) is 25.0 Å². The number of carbonyl (C=O) groups excluding carboxylic acids is 2. The van der Waals surface area contributed by atoms with Gasteiger partial charge in [0.25, 0.3) is 11.8 Å². The normalized spacial score (nSPS) is 16.6. The Morgan fingerprint density at radius 2 is 1.67 bits per heavy atom. The molecule has 0 bridgehead atoms. The summed E-state index contributed by atoms with van der Waals surface area (Å²) in [6.45, 7) is 2.49. The van der Waals surface area contributed by atoms with Crippen LogP contribution in [0.2, 0.25) is 0 Å². The molecule has 3 N–H and O–H groups in total. The van der Waals surface area contributed by atoms with Crippen LogP contribution in [0.25, 0.3) is 0 Å². The predicted octanol–water partition coefficient (Wildman–Crippen LogP) is 5.69. The Labute approximate surface area is 296 Å². The number of nitrogens with one attached hydrogen (secondary N) is 1. The van der Waals surface area contributed by atoms with Crippen molar-refractivity contribution in [2.24, 2.45) is 5.92 Å². The molecular formula is C40H41N5O6. The number of ether oxygens (including phenoxy) is 2. The van der Waals surface area contributed by atoms with Crippen molar-refractivity contribution in [1.29, 1.82) is 0 Å². The zero-order valence-corrected chi connectivity index (χ0v) is 28.8. The Kier molecular flexibility index (Phi) is 10.6. The Balaban J connectivity index is 1.13. The number of aromatic nitrogens is 3. The molecule has 11 nitrogen and oxygen atoms in total. The molecule has 1 aliphatic rings. The molecule has 0 fully saturated rings. The molecule has 2 amide bonds. The number of nitrogens with zero attached hydrogens (tertiary/aromatic N) is 4. The van der Waals surface area contributed by atoms with E-state index in [1.54, 1.807) is 78.4 Å². The van der Waals surface area contributed by atoms with Crippen LogP contribution in [-0.2, 0) is 23.5 Å². The SMILES string of the molecule is COc1ccc(C(=O)Nc2ccc(CN3C(=O)[C@](O)([C@H](C)/C=C/CCn4cc(C(CO)c5ccccc5)nn4)c4cc(OC)ccc43)cc2)cc1. The first kappa shape index (κ1) is 35.1. The molecule has 1 aromatic heterocycles. The molecule has 0 saturated heterocycles. The van der Waals surface area contributed by atoms with E-state index >= 15 is 0 Å². The number of benzene rings is 4. The lowest BCUT2D eigenvalue weighted by Crippen LogP contribution is -2.44. The van der Waals surface area contributed by atoms with Gasteiger partial charge in [0.15, 0.2) is 5.60 Å². The molecule has 11 heteroatoms. The second-order valence-corrected chi connectivity index (χ2v) is 12.5. The summed E-state index contributed by atoms with van der Waals surface area (Å²) in [5.74, 6) is -0.314. The number of hydrogen-bond donors (Lipinski definition) is 3. The number of amides is 2. The maximum Gasteiger partial charge on any atom is 0.264 e. The highest BCUT2D eigenvalue weighted by atomic mass is 16.5. The average Bonchev–Trinajstić information content (AvgIpc) is 3.71. The van der Waals surface area contributed by atoms with Gasteiger partial charge in [0.2, 0.25) is 0 Å². The van der Waals surface area contributed by atoms with E-state index in [1.807, 2.05) is 67.7 Å². The van der Waals surface area contributed by atoms with E-state index < -0.39 is 17.4 Å². The Morgan fingerprint density at radius 3 is 2.35 bits per heavy atom. The quantitative estimate of drug-likeness (QED) is 0.127. The largest absolute Gasteiger partial charge is 0.497 e. The third kappa shape index (κ3) is 7.40. The molecule has 5 aromatic rings. The van der Waals surface area contributed by atoms with Gasteiger partial charge in [-0.15, -0.1) is 5.10 Å². The number of fused-ring (bicyclic) bond motifs is 1. The second kappa shape index (κ2) is 15.4. The van der Waals surface area contributed by atoms with Crippen molar-refractivity contribution in [3.05, 3.63) is 143 Å². The van der Waals surface area contributed by atoms with Crippen LogP contribution in [-0.4, -0.2) is 57.8 Å². The van der Waals surface area contributed by atoms with Crippen LogP contribution in [0.15, 0.2) is 115 Å². The Bertz CT molecular complexity index is 1990. The van der Waals surface area contributed by atoms with Gasteiger partial charge in [0, 0.05) is 35.5 Å². The van der Waals surface area contributed by atoms with Gasteiger partial charge >= 0.3 is 0 Å². The van der Waals surface area contributed by atoms with E-state index in [0.717, 1.165) is 11.1 Å². The standard InChI is InChI=1S/C40H41N5O6/c1-27(9-7-8-22-44-25-36(42-43-44)34(26-46)29-10-5-4-6-11-29)40(49)35-23-33(51-3)20-21-37(35)45(39(40)48)24-28-12-16-31(17-13-28)41-38(47)30-14-18-32(50-2)19-15-30/h4-7,9-21,23,25,27,34,46,49H,8,22,24,26H2,1-3H3,(H,41,47)/b9-7+/t27-,34?,40+/m1/s1. The number of hydrogen-bond acceptors (Lipinski definition) is 8. The highest BCUT2D eigenvalue weighted by Crippen LogP contribution is 2.47. The van der Waals surface area contributed by atoms with E-state index in [9.17, 15) is 19.8 Å². The summed E-state index contributed by atoms with van der Waals surface area (Å²) in [7, 11) is 3.12. The predicted molar refractivity (Wildman–Crippen MR) is 194 cm³/mol. The number of anilines is 2. The number of aryl methyl sites for hydroxylation is 1. The van der Waals surface area contributed by atoms with Crippen molar-refractivity contribution < 1.29 is 29.3 Å². The second-order valence-electron chi connectivity index (χ2n) is 12.5. The van der Waals surface area contributed by atoms with E-state index in [0.29, 0.717) is 52.7 Å². The summed E-state index contributed by atoms with van der Waals surface area (Å²) in [6, 6.07) is 29.1. The number of methoxy groups -OCH3 is 2. The average molecular weight is 688 g/mol. The molecule has 1 unspecified atom stereocenters. The van der Waals surface area contributed by atoms with Crippen molar-refractivity contribution >= 4 is 23.2 Å². The van der Waals surface area contributed by atoms with Crippen LogP contribution in [0.4, 0.5) is 11.4 Å². The molecule has 0 saturated carbocycles. The van der Waals surface area contributed by atoms with Gasteiger partial charge in [-0.2, -0.15) is 0 Å². The number of carbonyl (C=O) groups is 2. The van der Waals surface area contributed by atoms with Crippen LogP contribution in [0, 0.1) is 5.92 Å². The summed E-state index contributed by atoms with van der Waals surface area (Å²) >= 11 is 0. The van der Waals surface area contributed by atoms with Gasteiger partial charge in [-0.25, -0.2) is 0 Å². The highest BCUT2D eigenvalue weighted by Gasteiger charge is 2.52. The van der Waals surface area contributed by atoms with Crippen LogP contribution in [0.5, 0.6) is 11.5 Å². The fourth-order valence-corrected chi connectivity index (χ4v) is 6.32. The molecule has 1 aliphatic heterocycles. The zero-order chi connectivity index (χ0) is 36.0. The maximum absolute atomic E-state index is 14.1. The Hall–Kier alpha value is -5.78. The number of allylic oxidation sites excluding steroid dienone is 1. The molecular weight excluding hydrogens is 646 g/mol. The Morgan fingerprint density at radius 1 is 0.961 bits per heavy atom. The molecule has 2 heterocycles. The summed E-state index contributed by atoms with van der Waals surface area (Å²) in [5.41, 5.74) is 2.84. The smallest absolute Gasteiger partial charge is 0.264 e. The molecule has 0 spiro atoms. The van der Waals surface area contributed by atoms with Crippen molar-refractivity contribution in [1.82, 2.24) is 15.0 Å². The van der Waals surface area contributed by atoms with Gasteiger partial charge in [0.05, 0.1) is 44.7 Å². The minimum atomic E-state index is -1.82. The first-order chi connectivity index (χ1) is 24.7. The third-order valence-corrected chi connectivity index (χ3v) is 9.29. The molecule has 4 aromatic carbocycles. The highest BCUT2D eigenvalue weighted by molar-refractivity contribution is 6.07. The van der Waals surface area contributed by atoms with Gasteiger partial charge in [-0.3, -0.25) is 14.3 Å². The lowest BCUT2D eigenvalue weighted by molar-refractivity contribution is -0.139. The lowest BCUT2D eigenvalue weighted by Gasteiger charge is -2.28. The fourth-order valence-electron chi connectivity index (χ4n) is 6.32. The first-order valence-corrected chi connectivity index (χ1v) is 16.7. The van der Waals surface area contributed by atoms with Crippen molar-refractivity contribution in [3.8, 4) is 11.5 Å². The number of aliphatic hydroxyl groups is 2. The molecule has 6 rings (SSSR count). The summed E-state index contributed by atoms with van der Waals surface area (Å²) in [6.07, 6.45) is 6.20. The van der Waals surface area contributed by atoms with Crippen molar-refractivity contribution in [2.75, 3.05) is 31.0 Å². The van der Waals surface area contributed by atoms with Crippen molar-refractivity contribution in [3.63, 3.8) is 0 Å². The summed E-state index contributed by atoms with van der Waals surface area (Å²) in [5, 5.41) is 33.6. The third-order valence-electron chi connectivity index (χ3n) is 9.29. The monoisotopic (exact) mass is 687 g/mol. The summed E-state index contributed by atoms with van der Waals surface area (Å²) < 4.78 is 12.4. The van der Waals surface area contributed by atoms with E-state index in [1.165, 1.54) is 0 Å². The van der Waals surface area contributed by atoms with Gasteiger partial charge < -0.3 is 29.9 Å².